The summed E-state index contributed by atoms with van der Waals surface area (Å²) < 4.78 is 0. The monoisotopic (exact) mass is 344 g/mol. The topological polar surface area (TPSA) is 48.5 Å². The second-order valence-corrected chi connectivity index (χ2v) is 7.13. The number of para-hydroxylation sites is 1. The molecule has 0 atom stereocenters. The number of hydrogen-bond donors (Lipinski definition) is 1. The minimum atomic E-state index is -0.00966. The van der Waals surface area contributed by atoms with E-state index in [-0.39, 0.29) is 6.03 Å². The van der Waals surface area contributed by atoms with Gasteiger partial charge in [-0.05, 0) is 38.3 Å². The third-order valence-electron chi connectivity index (χ3n) is 4.37. The van der Waals surface area contributed by atoms with E-state index in [1.807, 2.05) is 43.9 Å². The van der Waals surface area contributed by atoms with Crippen LogP contribution in [0.15, 0.2) is 23.6 Å². The number of benzene rings is 1. The molecule has 3 rings (SSSR count). The second-order valence-electron chi connectivity index (χ2n) is 6.30. The first-order valence-electron chi connectivity index (χ1n) is 8.34. The molecule has 128 valence electrons. The van der Waals surface area contributed by atoms with Crippen molar-refractivity contribution in [2.45, 2.75) is 27.2 Å². The molecule has 24 heavy (non-hydrogen) atoms. The standard InChI is InChI=1S/C18H24N4OS/c1-13-6-4-7-14(2)16(13)20-17(23)21-8-5-9-22(11-10-21)18-19-15(3)12-24-18/h4,6-7,12H,5,8-11H2,1-3H3,(H,20,23). The molecule has 1 saturated heterocycles. The molecule has 0 radical (unpaired) electrons. The summed E-state index contributed by atoms with van der Waals surface area (Å²) in [4.78, 5) is 21.4. The fourth-order valence-corrected chi connectivity index (χ4v) is 3.85. The molecule has 0 bridgehead atoms. The Morgan fingerprint density at radius 3 is 2.54 bits per heavy atom. The Bertz CT molecular complexity index is 707. The molecular formula is C18H24N4OS. The number of carbonyl (C=O) groups is 1. The molecule has 2 aromatic rings. The highest BCUT2D eigenvalue weighted by atomic mass is 32.1. The van der Waals surface area contributed by atoms with Crippen LogP contribution in [-0.2, 0) is 0 Å². The minimum absolute atomic E-state index is 0.00966. The van der Waals surface area contributed by atoms with Crippen LogP contribution in [0.25, 0.3) is 0 Å². The predicted octanol–water partition coefficient (Wildman–Crippen LogP) is 3.81. The summed E-state index contributed by atoms with van der Waals surface area (Å²) in [6.07, 6.45) is 0.957. The zero-order valence-corrected chi connectivity index (χ0v) is 15.3. The Kier molecular flexibility index (Phi) is 5.04. The molecule has 1 N–H and O–H groups in total. The van der Waals surface area contributed by atoms with Gasteiger partial charge in [-0.1, -0.05) is 18.2 Å². The van der Waals surface area contributed by atoms with Crippen molar-refractivity contribution in [3.05, 3.63) is 40.4 Å². The first-order chi connectivity index (χ1) is 11.5. The molecular weight excluding hydrogens is 320 g/mol. The van der Waals surface area contributed by atoms with Crippen molar-refractivity contribution in [1.82, 2.24) is 9.88 Å². The maximum atomic E-state index is 12.7. The van der Waals surface area contributed by atoms with Crippen molar-refractivity contribution in [2.24, 2.45) is 0 Å². The SMILES string of the molecule is Cc1csc(N2CCCN(C(=O)Nc3c(C)cccc3C)CC2)n1. The molecule has 1 fully saturated rings. The average Bonchev–Trinajstić information content (AvgIpc) is 2.84. The van der Waals surface area contributed by atoms with Crippen LogP contribution >= 0.6 is 11.3 Å². The first-order valence-corrected chi connectivity index (χ1v) is 9.22. The van der Waals surface area contributed by atoms with E-state index in [1.54, 1.807) is 11.3 Å². The normalized spacial score (nSPS) is 15.3. The molecule has 2 heterocycles. The Hall–Kier alpha value is -2.08. The van der Waals surface area contributed by atoms with E-state index in [0.29, 0.717) is 0 Å². The number of amides is 2. The van der Waals surface area contributed by atoms with Crippen molar-refractivity contribution in [3.8, 4) is 0 Å². The van der Waals surface area contributed by atoms with Crippen LogP contribution in [0.1, 0.15) is 23.2 Å². The first kappa shape index (κ1) is 16.8. The van der Waals surface area contributed by atoms with E-state index in [2.05, 4.69) is 20.6 Å². The number of nitrogens with zero attached hydrogens (tertiary/aromatic N) is 3. The van der Waals surface area contributed by atoms with Crippen LogP contribution < -0.4 is 10.2 Å². The molecule has 1 aliphatic heterocycles. The number of urea groups is 1. The van der Waals surface area contributed by atoms with Gasteiger partial charge in [0.2, 0.25) is 0 Å². The van der Waals surface area contributed by atoms with Crippen LogP contribution in [-0.4, -0.2) is 42.1 Å². The third kappa shape index (κ3) is 3.70. The number of thiazole rings is 1. The van der Waals surface area contributed by atoms with Gasteiger partial charge in [-0.15, -0.1) is 11.3 Å². The molecule has 0 spiro atoms. The van der Waals surface area contributed by atoms with Crippen molar-refractivity contribution in [2.75, 3.05) is 36.4 Å². The number of hydrogen-bond acceptors (Lipinski definition) is 4. The van der Waals surface area contributed by atoms with Crippen LogP contribution in [0.5, 0.6) is 0 Å². The van der Waals surface area contributed by atoms with E-state index >= 15 is 0 Å². The van der Waals surface area contributed by atoms with Gasteiger partial charge in [-0.2, -0.15) is 0 Å². The van der Waals surface area contributed by atoms with Gasteiger partial charge in [0.25, 0.3) is 0 Å². The van der Waals surface area contributed by atoms with Crippen LogP contribution in [0.3, 0.4) is 0 Å². The summed E-state index contributed by atoms with van der Waals surface area (Å²) >= 11 is 1.68. The Labute approximate surface area is 147 Å². The average molecular weight is 344 g/mol. The summed E-state index contributed by atoms with van der Waals surface area (Å²) in [6.45, 7) is 9.33. The highest BCUT2D eigenvalue weighted by molar-refractivity contribution is 7.13. The van der Waals surface area contributed by atoms with E-state index in [1.165, 1.54) is 0 Å². The summed E-state index contributed by atoms with van der Waals surface area (Å²) in [5.41, 5.74) is 4.18. The fourth-order valence-electron chi connectivity index (χ4n) is 3.00. The van der Waals surface area contributed by atoms with Crippen molar-refractivity contribution < 1.29 is 4.79 Å². The molecule has 0 saturated carbocycles. The molecule has 5 nitrogen and oxygen atoms in total. The second kappa shape index (κ2) is 7.21. The number of carbonyl (C=O) groups excluding carboxylic acids is 1. The number of aryl methyl sites for hydroxylation is 3. The Morgan fingerprint density at radius 1 is 1.12 bits per heavy atom. The third-order valence-corrected chi connectivity index (χ3v) is 5.39. The highest BCUT2D eigenvalue weighted by Gasteiger charge is 2.21. The fraction of sp³-hybridized carbons (Fsp3) is 0.444. The number of rotatable bonds is 2. The lowest BCUT2D eigenvalue weighted by Gasteiger charge is -2.23. The highest BCUT2D eigenvalue weighted by Crippen LogP contribution is 2.23. The largest absolute Gasteiger partial charge is 0.346 e. The van der Waals surface area contributed by atoms with Gasteiger partial charge < -0.3 is 15.1 Å². The number of nitrogens with one attached hydrogen (secondary N) is 1. The molecule has 0 aliphatic carbocycles. The Morgan fingerprint density at radius 2 is 1.88 bits per heavy atom. The molecule has 0 unspecified atom stereocenters. The quantitative estimate of drug-likeness (QED) is 0.901. The minimum Gasteiger partial charge on any atom is -0.346 e. The number of anilines is 2. The van der Waals surface area contributed by atoms with Gasteiger partial charge in [-0.25, -0.2) is 9.78 Å². The molecule has 2 amide bonds. The van der Waals surface area contributed by atoms with Crippen LogP contribution in [0.2, 0.25) is 0 Å². The molecule has 1 aromatic heterocycles. The van der Waals surface area contributed by atoms with E-state index in [9.17, 15) is 4.79 Å². The van der Waals surface area contributed by atoms with Crippen LogP contribution in [0.4, 0.5) is 15.6 Å². The summed E-state index contributed by atoms with van der Waals surface area (Å²) in [6, 6.07) is 6.06. The molecule has 1 aliphatic rings. The van der Waals surface area contributed by atoms with Crippen molar-refractivity contribution >= 4 is 28.2 Å². The smallest absolute Gasteiger partial charge is 0.321 e. The lowest BCUT2D eigenvalue weighted by atomic mass is 10.1. The summed E-state index contributed by atoms with van der Waals surface area (Å²) in [7, 11) is 0. The molecule has 1 aromatic carbocycles. The lowest BCUT2D eigenvalue weighted by Crippen LogP contribution is -2.38. The van der Waals surface area contributed by atoms with Crippen LogP contribution in [0, 0.1) is 20.8 Å². The van der Waals surface area contributed by atoms with E-state index < -0.39 is 0 Å². The van der Waals surface area contributed by atoms with Gasteiger partial charge in [-0.3, -0.25) is 0 Å². The van der Waals surface area contributed by atoms with Gasteiger partial charge in [0, 0.05) is 37.2 Å². The number of aromatic nitrogens is 1. The molecule has 6 heteroatoms. The summed E-state index contributed by atoms with van der Waals surface area (Å²) in [5.74, 6) is 0. The Balaban J connectivity index is 1.64. The lowest BCUT2D eigenvalue weighted by molar-refractivity contribution is 0.215. The van der Waals surface area contributed by atoms with Gasteiger partial charge in [0.15, 0.2) is 5.13 Å². The maximum absolute atomic E-state index is 12.7. The van der Waals surface area contributed by atoms with Crippen molar-refractivity contribution in [1.29, 1.82) is 0 Å². The zero-order chi connectivity index (χ0) is 17.1. The zero-order valence-electron chi connectivity index (χ0n) is 14.5. The van der Waals surface area contributed by atoms with E-state index in [4.69, 9.17) is 0 Å². The van der Waals surface area contributed by atoms with Crippen molar-refractivity contribution in [3.63, 3.8) is 0 Å². The van der Waals surface area contributed by atoms with Gasteiger partial charge >= 0.3 is 6.03 Å². The van der Waals surface area contributed by atoms with Gasteiger partial charge in [0.1, 0.15) is 0 Å². The van der Waals surface area contributed by atoms with Gasteiger partial charge in [0.05, 0.1) is 5.69 Å². The summed E-state index contributed by atoms with van der Waals surface area (Å²) in [5, 5.41) is 6.22. The van der Waals surface area contributed by atoms with E-state index in [0.717, 1.165) is 60.2 Å². The predicted molar refractivity (Wildman–Crippen MR) is 100 cm³/mol. The maximum Gasteiger partial charge on any atom is 0.321 e.